The van der Waals surface area contributed by atoms with Gasteiger partial charge in [-0.1, -0.05) is 20.8 Å². The minimum atomic E-state index is -0.241. The first-order valence-electron chi connectivity index (χ1n) is 5.19. The Balaban J connectivity index is 3.57. The van der Waals surface area contributed by atoms with Gasteiger partial charge in [-0.25, -0.2) is 0 Å². The molecule has 2 nitrogen and oxygen atoms in total. The molecule has 0 fully saturated rings. The Bertz CT molecular complexity index is 154. The Morgan fingerprint density at radius 1 is 1.23 bits per heavy atom. The number of rotatable bonds is 6. The molecule has 0 radical (unpaired) electrons. The van der Waals surface area contributed by atoms with Crippen molar-refractivity contribution < 1.29 is 4.79 Å². The lowest BCUT2D eigenvalue weighted by Gasteiger charge is -2.15. The highest BCUT2D eigenvalue weighted by Gasteiger charge is 2.11. The van der Waals surface area contributed by atoms with Gasteiger partial charge in [0.05, 0.1) is 6.04 Å². The molecule has 0 heterocycles. The SMILES string of the molecule is CC(=O)[C@@H](N)CC[C@@H](C)CC(C)C. The fourth-order valence-electron chi connectivity index (χ4n) is 1.59. The summed E-state index contributed by atoms with van der Waals surface area (Å²) in [4.78, 5) is 10.9. The van der Waals surface area contributed by atoms with Gasteiger partial charge >= 0.3 is 0 Å². The molecule has 0 aliphatic rings. The van der Waals surface area contributed by atoms with Crippen LogP contribution in [-0.4, -0.2) is 11.8 Å². The number of carbonyl (C=O) groups is 1. The van der Waals surface area contributed by atoms with Crippen molar-refractivity contribution in [3.05, 3.63) is 0 Å². The Hall–Kier alpha value is -0.370. The topological polar surface area (TPSA) is 43.1 Å². The average molecular weight is 185 g/mol. The van der Waals surface area contributed by atoms with Gasteiger partial charge in [0.15, 0.2) is 0 Å². The molecule has 0 saturated heterocycles. The number of hydrogen-bond acceptors (Lipinski definition) is 2. The molecule has 2 heteroatoms. The van der Waals surface area contributed by atoms with Crippen molar-refractivity contribution in [2.24, 2.45) is 17.6 Å². The Labute approximate surface area is 81.9 Å². The Morgan fingerprint density at radius 2 is 1.77 bits per heavy atom. The van der Waals surface area contributed by atoms with Gasteiger partial charge in [-0.05, 0) is 38.0 Å². The lowest BCUT2D eigenvalue weighted by atomic mass is 9.92. The molecule has 0 aromatic rings. The third-order valence-electron chi connectivity index (χ3n) is 2.37. The molecule has 78 valence electrons. The van der Waals surface area contributed by atoms with Crippen LogP contribution in [0.3, 0.4) is 0 Å². The van der Waals surface area contributed by atoms with Gasteiger partial charge in [0, 0.05) is 0 Å². The fraction of sp³-hybridized carbons (Fsp3) is 0.909. The average Bonchev–Trinajstić information content (AvgIpc) is 1.98. The highest BCUT2D eigenvalue weighted by atomic mass is 16.1. The number of Topliss-reactive ketones (excluding diaryl/α,β-unsaturated/α-hetero) is 1. The maximum atomic E-state index is 10.9. The van der Waals surface area contributed by atoms with Crippen molar-refractivity contribution in [1.82, 2.24) is 0 Å². The summed E-state index contributed by atoms with van der Waals surface area (Å²) in [5.74, 6) is 1.53. The van der Waals surface area contributed by atoms with Crippen LogP contribution in [0.4, 0.5) is 0 Å². The number of carbonyl (C=O) groups excluding carboxylic acids is 1. The predicted molar refractivity (Wildman–Crippen MR) is 56.5 cm³/mol. The van der Waals surface area contributed by atoms with E-state index in [-0.39, 0.29) is 11.8 Å². The smallest absolute Gasteiger partial charge is 0.146 e. The molecular weight excluding hydrogens is 162 g/mol. The van der Waals surface area contributed by atoms with Crippen LogP contribution in [-0.2, 0) is 4.79 Å². The molecule has 2 N–H and O–H groups in total. The Kier molecular flexibility index (Phi) is 5.97. The lowest BCUT2D eigenvalue weighted by Crippen LogP contribution is -2.28. The summed E-state index contributed by atoms with van der Waals surface area (Å²) in [7, 11) is 0. The maximum Gasteiger partial charge on any atom is 0.146 e. The van der Waals surface area contributed by atoms with Crippen LogP contribution in [0.15, 0.2) is 0 Å². The summed E-state index contributed by atoms with van der Waals surface area (Å²) in [5, 5.41) is 0. The second-order valence-electron chi connectivity index (χ2n) is 4.53. The van der Waals surface area contributed by atoms with Gasteiger partial charge in [-0.15, -0.1) is 0 Å². The van der Waals surface area contributed by atoms with E-state index in [1.807, 2.05) is 0 Å². The van der Waals surface area contributed by atoms with Gasteiger partial charge in [0.2, 0.25) is 0 Å². The van der Waals surface area contributed by atoms with Crippen molar-refractivity contribution in [3.63, 3.8) is 0 Å². The molecule has 0 spiro atoms. The van der Waals surface area contributed by atoms with Gasteiger partial charge in [-0.3, -0.25) is 4.79 Å². The number of ketones is 1. The summed E-state index contributed by atoms with van der Waals surface area (Å²) in [6, 6.07) is -0.241. The van der Waals surface area contributed by atoms with E-state index < -0.39 is 0 Å². The minimum absolute atomic E-state index is 0.108. The molecule has 0 saturated carbocycles. The zero-order valence-corrected chi connectivity index (χ0v) is 9.34. The molecule has 0 amide bonds. The summed E-state index contributed by atoms with van der Waals surface area (Å²) in [5.41, 5.74) is 5.65. The van der Waals surface area contributed by atoms with E-state index in [1.165, 1.54) is 6.42 Å². The van der Waals surface area contributed by atoms with Gasteiger partial charge in [0.25, 0.3) is 0 Å². The molecule has 0 aliphatic heterocycles. The predicted octanol–water partition coefficient (Wildman–Crippen LogP) is 2.37. The van der Waals surface area contributed by atoms with E-state index in [2.05, 4.69) is 20.8 Å². The minimum Gasteiger partial charge on any atom is -0.322 e. The van der Waals surface area contributed by atoms with E-state index >= 15 is 0 Å². The fourth-order valence-corrected chi connectivity index (χ4v) is 1.59. The van der Waals surface area contributed by atoms with E-state index in [4.69, 9.17) is 5.73 Å². The molecule has 13 heavy (non-hydrogen) atoms. The van der Waals surface area contributed by atoms with E-state index in [0.717, 1.165) is 18.8 Å². The quantitative estimate of drug-likeness (QED) is 0.690. The van der Waals surface area contributed by atoms with Gasteiger partial charge in [0.1, 0.15) is 5.78 Å². The van der Waals surface area contributed by atoms with Crippen LogP contribution < -0.4 is 5.73 Å². The van der Waals surface area contributed by atoms with Crippen LogP contribution in [0.1, 0.15) is 47.0 Å². The summed E-state index contributed by atoms with van der Waals surface area (Å²) in [6.07, 6.45) is 3.13. The Morgan fingerprint density at radius 3 is 2.15 bits per heavy atom. The normalized spacial score (nSPS) is 15.8. The highest BCUT2D eigenvalue weighted by Crippen LogP contribution is 2.16. The standard InChI is InChI=1S/C11H23NO/c1-8(2)7-9(3)5-6-11(12)10(4)13/h8-9,11H,5-7,12H2,1-4H3/t9-,11+/m1/s1. The molecule has 0 unspecified atom stereocenters. The van der Waals surface area contributed by atoms with Crippen LogP contribution in [0.5, 0.6) is 0 Å². The largest absolute Gasteiger partial charge is 0.322 e. The molecule has 0 aromatic carbocycles. The zero-order chi connectivity index (χ0) is 10.4. The van der Waals surface area contributed by atoms with Gasteiger partial charge in [-0.2, -0.15) is 0 Å². The van der Waals surface area contributed by atoms with Crippen LogP contribution in [0.25, 0.3) is 0 Å². The highest BCUT2D eigenvalue weighted by molar-refractivity contribution is 5.80. The van der Waals surface area contributed by atoms with Gasteiger partial charge < -0.3 is 5.73 Å². The van der Waals surface area contributed by atoms with Crippen molar-refractivity contribution in [2.45, 2.75) is 53.0 Å². The second-order valence-corrected chi connectivity index (χ2v) is 4.53. The molecule has 0 aliphatic carbocycles. The monoisotopic (exact) mass is 185 g/mol. The lowest BCUT2D eigenvalue weighted by molar-refractivity contribution is -0.118. The number of nitrogens with two attached hydrogens (primary N) is 1. The molecule has 2 atom stereocenters. The van der Waals surface area contributed by atoms with Crippen LogP contribution in [0, 0.1) is 11.8 Å². The third kappa shape index (κ3) is 6.76. The van der Waals surface area contributed by atoms with Crippen molar-refractivity contribution in [2.75, 3.05) is 0 Å². The first kappa shape index (κ1) is 12.6. The number of hydrogen-bond donors (Lipinski definition) is 1. The first-order valence-corrected chi connectivity index (χ1v) is 5.19. The zero-order valence-electron chi connectivity index (χ0n) is 9.34. The first-order chi connectivity index (χ1) is 5.93. The third-order valence-corrected chi connectivity index (χ3v) is 2.37. The molecule has 0 rings (SSSR count). The summed E-state index contributed by atoms with van der Waals surface area (Å²) < 4.78 is 0. The van der Waals surface area contributed by atoms with Crippen molar-refractivity contribution in [3.8, 4) is 0 Å². The summed E-state index contributed by atoms with van der Waals surface area (Å²) in [6.45, 7) is 8.24. The van der Waals surface area contributed by atoms with Crippen LogP contribution >= 0.6 is 0 Å². The summed E-state index contributed by atoms with van der Waals surface area (Å²) >= 11 is 0. The molecular formula is C11H23NO. The molecule has 0 aromatic heterocycles. The van der Waals surface area contributed by atoms with E-state index in [9.17, 15) is 4.79 Å². The van der Waals surface area contributed by atoms with E-state index in [1.54, 1.807) is 6.92 Å². The van der Waals surface area contributed by atoms with Crippen molar-refractivity contribution >= 4 is 5.78 Å². The van der Waals surface area contributed by atoms with Crippen molar-refractivity contribution in [1.29, 1.82) is 0 Å². The van der Waals surface area contributed by atoms with E-state index in [0.29, 0.717) is 5.92 Å². The molecule has 0 bridgehead atoms. The maximum absolute atomic E-state index is 10.9. The van der Waals surface area contributed by atoms with Crippen LogP contribution in [0.2, 0.25) is 0 Å². The second kappa shape index (κ2) is 6.14.